The average molecular weight is 485 g/mol. The molecule has 11 heteroatoms. The molecule has 1 aromatic rings. The maximum atomic E-state index is 15.1. The number of carbonyl (C=O) groups excluding carboxylic acids is 1. The highest BCUT2D eigenvalue weighted by Crippen LogP contribution is 2.42. The van der Waals surface area contributed by atoms with Crippen LogP contribution in [0.4, 0.5) is 23.4 Å². The summed E-state index contributed by atoms with van der Waals surface area (Å²) in [5.41, 5.74) is -0.197. The molecule has 4 unspecified atom stereocenters. The van der Waals surface area contributed by atoms with Crippen LogP contribution in [0.3, 0.4) is 0 Å². The van der Waals surface area contributed by atoms with Gasteiger partial charge in [-0.15, -0.1) is 0 Å². The molecule has 4 atom stereocenters. The Hall–Kier alpha value is -2.32. The lowest BCUT2D eigenvalue weighted by Gasteiger charge is -2.35. The molecule has 2 aliphatic rings. The number of nitrogens with one attached hydrogen (secondary N) is 2. The molecule has 1 aromatic heterocycles. The minimum Gasteiger partial charge on any atom is -0.354 e. The number of carbonyl (C=O) groups is 1. The van der Waals surface area contributed by atoms with Crippen molar-refractivity contribution in [1.29, 1.82) is 0 Å². The van der Waals surface area contributed by atoms with Crippen molar-refractivity contribution in [2.75, 3.05) is 24.5 Å². The van der Waals surface area contributed by atoms with Crippen molar-refractivity contribution < 1.29 is 22.4 Å². The minimum atomic E-state index is -4.59. The van der Waals surface area contributed by atoms with Gasteiger partial charge < -0.3 is 15.5 Å². The molecule has 2 saturated heterocycles. The Morgan fingerprint density at radius 3 is 2.64 bits per heavy atom. The van der Waals surface area contributed by atoms with Gasteiger partial charge >= 0.3 is 6.18 Å². The predicted octanol–water partition coefficient (Wildman–Crippen LogP) is 3.91. The van der Waals surface area contributed by atoms with Crippen molar-refractivity contribution in [3.8, 4) is 0 Å². The maximum absolute atomic E-state index is 15.1. The summed E-state index contributed by atoms with van der Waals surface area (Å²) < 4.78 is 56.5. The van der Waals surface area contributed by atoms with E-state index >= 15 is 4.39 Å². The number of allylic oxidation sites excluding steroid dienone is 1. The van der Waals surface area contributed by atoms with Gasteiger partial charge in [-0.1, -0.05) is 15.8 Å². The third-order valence-electron chi connectivity index (χ3n) is 5.77. The molecule has 180 valence electrons. The third-order valence-corrected chi connectivity index (χ3v) is 6.18. The van der Waals surface area contributed by atoms with Gasteiger partial charge in [-0.25, -0.2) is 14.4 Å². The summed E-state index contributed by atoms with van der Waals surface area (Å²) in [7, 11) is 2.07. The number of alkyl halides is 4. The van der Waals surface area contributed by atoms with Crippen molar-refractivity contribution in [1.82, 2.24) is 15.6 Å². The molecule has 3 rings (SSSR count). The Kier molecular flexibility index (Phi) is 7.29. The normalized spacial score (nSPS) is 26.6. The van der Waals surface area contributed by atoms with Gasteiger partial charge in [-0.05, 0) is 38.5 Å². The second kappa shape index (κ2) is 9.50. The van der Waals surface area contributed by atoms with E-state index in [1.54, 1.807) is 11.8 Å². The lowest BCUT2D eigenvalue weighted by Crippen LogP contribution is -2.49. The second-order valence-electron chi connectivity index (χ2n) is 8.55. The first kappa shape index (κ1) is 25.3. The van der Waals surface area contributed by atoms with E-state index in [4.69, 9.17) is 0 Å². The molecule has 33 heavy (non-hydrogen) atoms. The van der Waals surface area contributed by atoms with Crippen LogP contribution in [0, 0.1) is 5.92 Å². The first-order valence-corrected chi connectivity index (χ1v) is 11.1. The van der Waals surface area contributed by atoms with E-state index in [1.165, 1.54) is 13.1 Å². The number of amides is 1. The number of hydrogen-bond donors (Lipinski definition) is 2. The summed E-state index contributed by atoms with van der Waals surface area (Å²) in [6, 6.07) is 2.08. The van der Waals surface area contributed by atoms with Crippen molar-refractivity contribution in [3.05, 3.63) is 41.7 Å². The number of piperazine rings is 1. The number of anilines is 1. The molecule has 2 N–H and O–H groups in total. The van der Waals surface area contributed by atoms with Crippen LogP contribution in [0.1, 0.15) is 38.4 Å². The lowest BCUT2D eigenvalue weighted by atomic mass is 9.83. The van der Waals surface area contributed by atoms with Crippen LogP contribution in [0.15, 0.2) is 35.5 Å². The molecule has 3 heterocycles. The van der Waals surface area contributed by atoms with Crippen molar-refractivity contribution >= 4 is 32.4 Å². The Morgan fingerprint density at radius 2 is 2.06 bits per heavy atom. The van der Waals surface area contributed by atoms with E-state index in [2.05, 4.69) is 36.4 Å². The molecule has 0 aromatic carbocycles. The van der Waals surface area contributed by atoms with Gasteiger partial charge in [0.05, 0.1) is 11.3 Å². The number of halogens is 4. The van der Waals surface area contributed by atoms with Crippen LogP contribution in [0.5, 0.6) is 0 Å². The van der Waals surface area contributed by atoms with E-state index in [-0.39, 0.29) is 29.8 Å². The summed E-state index contributed by atoms with van der Waals surface area (Å²) in [6.45, 7) is 9.96. The van der Waals surface area contributed by atoms with Crippen LogP contribution in [0.25, 0.3) is 5.57 Å². The fourth-order valence-electron chi connectivity index (χ4n) is 4.13. The smallest absolute Gasteiger partial charge is 0.354 e. The summed E-state index contributed by atoms with van der Waals surface area (Å²) in [4.78, 5) is 22.6. The van der Waals surface area contributed by atoms with Crippen molar-refractivity contribution in [2.24, 2.45) is 10.9 Å². The fraction of sp³-hybridized carbons (Fsp3) is 0.500. The van der Waals surface area contributed by atoms with Gasteiger partial charge in [-0.2, -0.15) is 13.2 Å². The summed E-state index contributed by atoms with van der Waals surface area (Å²) >= 11 is 0. The molecule has 0 spiro atoms. The second-order valence-corrected chi connectivity index (χ2v) is 9.68. The van der Waals surface area contributed by atoms with E-state index in [0.717, 1.165) is 12.1 Å². The van der Waals surface area contributed by atoms with E-state index < -0.39 is 29.0 Å². The van der Waals surface area contributed by atoms with Gasteiger partial charge in [0.2, 0.25) is 5.91 Å². The Bertz CT molecular complexity index is 999. The summed E-state index contributed by atoms with van der Waals surface area (Å²) in [6.07, 6.45) is -3.58. The van der Waals surface area contributed by atoms with Crippen LogP contribution in [-0.4, -0.2) is 47.8 Å². The van der Waals surface area contributed by atoms with Crippen LogP contribution < -0.4 is 15.5 Å². The van der Waals surface area contributed by atoms with E-state index in [0.29, 0.717) is 30.8 Å². The molecular formula is C22H28F4N5OP. The number of hydrogen-bond acceptors (Lipinski definition) is 5. The zero-order valence-electron chi connectivity index (χ0n) is 18.8. The van der Waals surface area contributed by atoms with Gasteiger partial charge in [0.25, 0.3) is 0 Å². The minimum absolute atomic E-state index is 0.0492. The van der Waals surface area contributed by atoms with Gasteiger partial charge in [0.15, 0.2) is 0 Å². The standard InChI is InChI=1S/C22H28F4N5OP/c1-5-27-20-19(15(21(4,23)33)10-18(32)30-20)13(3)16-8-14(22(24,25)26)9-17(29-16)31-7-6-28-12(2)11-31/h5,8-9,12,15,28H,1,6-7,10-11,33H2,2-4H3,(H,27,30,32)/b19-13+. The van der Waals surface area contributed by atoms with Gasteiger partial charge in [-0.3, -0.25) is 4.79 Å². The quantitative estimate of drug-likeness (QED) is 0.501. The highest BCUT2D eigenvalue weighted by Gasteiger charge is 2.41. The van der Waals surface area contributed by atoms with Crippen LogP contribution >= 0.6 is 9.24 Å². The Balaban J connectivity index is 2.22. The van der Waals surface area contributed by atoms with Gasteiger partial charge in [0, 0.05) is 49.8 Å². The number of piperidine rings is 1. The summed E-state index contributed by atoms with van der Waals surface area (Å²) in [5.74, 6) is -1.13. The van der Waals surface area contributed by atoms with Crippen LogP contribution in [-0.2, 0) is 11.0 Å². The van der Waals surface area contributed by atoms with E-state index in [9.17, 15) is 18.0 Å². The third kappa shape index (κ3) is 5.79. The number of pyridine rings is 1. The Labute approximate surface area is 192 Å². The molecule has 0 bridgehead atoms. The van der Waals surface area contributed by atoms with Crippen molar-refractivity contribution in [3.63, 3.8) is 0 Å². The average Bonchev–Trinajstić information content (AvgIpc) is 2.71. The topological polar surface area (TPSA) is 69.6 Å². The highest BCUT2D eigenvalue weighted by molar-refractivity contribution is 7.18. The van der Waals surface area contributed by atoms with Crippen molar-refractivity contribution in [2.45, 2.75) is 44.8 Å². The zero-order chi connectivity index (χ0) is 24.6. The summed E-state index contributed by atoms with van der Waals surface area (Å²) in [5, 5.41) is 3.93. The largest absolute Gasteiger partial charge is 0.416 e. The SMILES string of the molecule is C=CN=C1NC(=O)CC(C(C)(F)P)/C1=C(/C)c1cc(C(F)(F)F)cc(N2CCNC(C)C2)n1. The fourth-order valence-corrected chi connectivity index (χ4v) is 4.41. The predicted molar refractivity (Wildman–Crippen MR) is 125 cm³/mol. The number of rotatable bonds is 4. The lowest BCUT2D eigenvalue weighted by molar-refractivity contribution is -0.137. The molecular weight excluding hydrogens is 457 g/mol. The molecule has 0 saturated carbocycles. The molecule has 0 radical (unpaired) electrons. The van der Waals surface area contributed by atoms with Gasteiger partial charge in [0.1, 0.15) is 17.1 Å². The number of amidine groups is 1. The molecule has 6 nitrogen and oxygen atoms in total. The van der Waals surface area contributed by atoms with Crippen LogP contribution in [0.2, 0.25) is 0 Å². The molecule has 2 aliphatic heterocycles. The molecule has 2 fully saturated rings. The zero-order valence-corrected chi connectivity index (χ0v) is 19.9. The monoisotopic (exact) mass is 485 g/mol. The molecule has 0 aliphatic carbocycles. The highest BCUT2D eigenvalue weighted by atomic mass is 31.0. The maximum Gasteiger partial charge on any atom is 0.416 e. The van der Waals surface area contributed by atoms with E-state index in [1.807, 2.05) is 6.92 Å². The first-order chi connectivity index (χ1) is 15.3. The molecule has 1 amide bonds. The Morgan fingerprint density at radius 1 is 1.36 bits per heavy atom. The number of aromatic nitrogens is 1. The number of aliphatic imine (C=N–C) groups is 1. The first-order valence-electron chi connectivity index (χ1n) is 10.6. The number of nitrogens with zero attached hydrogens (tertiary/aromatic N) is 3.